The summed E-state index contributed by atoms with van der Waals surface area (Å²) in [6.45, 7) is 2.95. The maximum Gasteiger partial charge on any atom is 0.191 e. The second kappa shape index (κ2) is 7.09. The second-order valence-electron chi connectivity index (χ2n) is 4.21. The number of anilines is 2. The third-order valence-corrected chi connectivity index (χ3v) is 4.52. The number of nitrogens with one attached hydrogen (secondary N) is 2. The van der Waals surface area contributed by atoms with Crippen LogP contribution in [-0.4, -0.2) is 40.3 Å². The van der Waals surface area contributed by atoms with Crippen molar-refractivity contribution in [3.63, 3.8) is 0 Å². The first-order chi connectivity index (χ1) is 8.81. The van der Waals surface area contributed by atoms with E-state index in [4.69, 9.17) is 0 Å². The van der Waals surface area contributed by atoms with Crippen LogP contribution in [0.15, 0.2) is 11.2 Å². The number of nitrogens with zero attached hydrogens (tertiary/aromatic N) is 2. The highest BCUT2D eigenvalue weighted by atomic mass is 32.2. The fourth-order valence-corrected chi connectivity index (χ4v) is 3.38. The molecule has 1 unspecified atom stereocenters. The van der Waals surface area contributed by atoms with Gasteiger partial charge in [0.05, 0.1) is 0 Å². The van der Waals surface area contributed by atoms with Crippen molar-refractivity contribution in [2.45, 2.75) is 31.0 Å². The van der Waals surface area contributed by atoms with E-state index in [0.717, 1.165) is 23.3 Å². The molecule has 1 aliphatic rings. The predicted molar refractivity (Wildman–Crippen MR) is 81.9 cm³/mol. The molecule has 0 radical (unpaired) electrons. The number of rotatable bonds is 5. The summed E-state index contributed by atoms with van der Waals surface area (Å²) in [6, 6.07) is 2.55. The van der Waals surface area contributed by atoms with Gasteiger partial charge in [-0.05, 0) is 31.8 Å². The fraction of sp³-hybridized carbons (Fsp3) is 0.667. The van der Waals surface area contributed by atoms with Gasteiger partial charge in [-0.3, -0.25) is 0 Å². The Morgan fingerprint density at radius 3 is 2.94 bits per heavy atom. The fourth-order valence-electron chi connectivity index (χ4n) is 1.93. The number of aromatic nitrogens is 2. The van der Waals surface area contributed by atoms with Gasteiger partial charge in [0.25, 0.3) is 0 Å². The molecular formula is C12H20N4S2. The molecule has 0 spiro atoms. The van der Waals surface area contributed by atoms with Crippen LogP contribution >= 0.6 is 23.5 Å². The van der Waals surface area contributed by atoms with E-state index in [2.05, 4.69) is 27.5 Å². The topological polar surface area (TPSA) is 49.8 Å². The van der Waals surface area contributed by atoms with Crippen LogP contribution in [0.25, 0.3) is 0 Å². The van der Waals surface area contributed by atoms with Crippen LogP contribution in [0.2, 0.25) is 0 Å². The molecule has 1 atom stereocenters. The Bertz CT molecular complexity index is 380. The van der Waals surface area contributed by atoms with Crippen molar-refractivity contribution in [2.75, 3.05) is 34.9 Å². The maximum absolute atomic E-state index is 4.52. The molecule has 2 rings (SSSR count). The zero-order valence-corrected chi connectivity index (χ0v) is 12.5. The van der Waals surface area contributed by atoms with E-state index in [0.29, 0.717) is 6.04 Å². The van der Waals surface area contributed by atoms with Gasteiger partial charge in [0.15, 0.2) is 5.16 Å². The molecule has 1 aromatic rings. The SMILES string of the molecule is CCNc1cc(NC2CCCSC2)nc(SC)n1. The molecule has 0 aromatic carbocycles. The van der Waals surface area contributed by atoms with Crippen LogP contribution in [0.5, 0.6) is 0 Å². The third kappa shape index (κ3) is 3.95. The van der Waals surface area contributed by atoms with Crippen LogP contribution in [0.1, 0.15) is 19.8 Å². The van der Waals surface area contributed by atoms with E-state index in [9.17, 15) is 0 Å². The van der Waals surface area contributed by atoms with Crippen molar-refractivity contribution < 1.29 is 0 Å². The van der Waals surface area contributed by atoms with Crippen LogP contribution in [0.3, 0.4) is 0 Å². The summed E-state index contributed by atoms with van der Waals surface area (Å²) in [7, 11) is 0. The van der Waals surface area contributed by atoms with Crippen molar-refractivity contribution in [3.05, 3.63) is 6.07 Å². The van der Waals surface area contributed by atoms with Crippen molar-refractivity contribution in [3.8, 4) is 0 Å². The van der Waals surface area contributed by atoms with Crippen molar-refractivity contribution in [1.29, 1.82) is 0 Å². The molecule has 1 saturated heterocycles. The van der Waals surface area contributed by atoms with Crippen molar-refractivity contribution in [1.82, 2.24) is 9.97 Å². The predicted octanol–water partition coefficient (Wildman–Crippen LogP) is 2.94. The van der Waals surface area contributed by atoms with Crippen LogP contribution in [0, 0.1) is 0 Å². The molecule has 0 aliphatic carbocycles. The van der Waals surface area contributed by atoms with E-state index >= 15 is 0 Å². The Balaban J connectivity index is 2.07. The van der Waals surface area contributed by atoms with Crippen molar-refractivity contribution in [2.24, 2.45) is 0 Å². The number of thioether (sulfide) groups is 2. The minimum Gasteiger partial charge on any atom is -0.370 e. The quantitative estimate of drug-likeness (QED) is 0.640. The molecule has 0 bridgehead atoms. The summed E-state index contributed by atoms with van der Waals surface area (Å²) in [5.74, 6) is 4.32. The molecule has 100 valence electrons. The first-order valence-corrected chi connectivity index (χ1v) is 8.71. The Kier molecular flexibility index (Phi) is 5.44. The average molecular weight is 284 g/mol. The van der Waals surface area contributed by atoms with Crippen LogP contribution in [0.4, 0.5) is 11.6 Å². The normalized spacial score (nSPS) is 19.6. The Labute approximate surface area is 117 Å². The molecule has 2 N–H and O–H groups in total. The van der Waals surface area contributed by atoms with Gasteiger partial charge in [0, 0.05) is 24.4 Å². The van der Waals surface area contributed by atoms with E-state index in [1.54, 1.807) is 11.8 Å². The minimum atomic E-state index is 0.544. The Morgan fingerprint density at radius 1 is 1.44 bits per heavy atom. The van der Waals surface area contributed by atoms with Gasteiger partial charge in [-0.15, -0.1) is 0 Å². The molecule has 4 nitrogen and oxygen atoms in total. The largest absolute Gasteiger partial charge is 0.370 e. The molecule has 1 aliphatic heterocycles. The van der Waals surface area contributed by atoms with Crippen molar-refractivity contribution >= 4 is 35.2 Å². The maximum atomic E-state index is 4.52. The molecule has 18 heavy (non-hydrogen) atoms. The average Bonchev–Trinajstić information content (AvgIpc) is 2.40. The highest BCUT2D eigenvalue weighted by Crippen LogP contribution is 2.22. The van der Waals surface area contributed by atoms with Crippen LogP contribution in [-0.2, 0) is 0 Å². The first-order valence-electron chi connectivity index (χ1n) is 6.33. The third-order valence-electron chi connectivity index (χ3n) is 2.76. The summed E-state index contributed by atoms with van der Waals surface area (Å²) in [6.07, 6.45) is 4.54. The standard InChI is InChI=1S/C12H20N4S2/c1-3-13-10-7-11(16-12(15-10)17-2)14-9-5-4-6-18-8-9/h7,9H,3-6,8H2,1-2H3,(H2,13,14,15,16). The lowest BCUT2D eigenvalue weighted by molar-refractivity contribution is 0.680. The zero-order valence-electron chi connectivity index (χ0n) is 10.9. The van der Waals surface area contributed by atoms with Gasteiger partial charge < -0.3 is 10.6 Å². The van der Waals surface area contributed by atoms with Gasteiger partial charge in [-0.1, -0.05) is 11.8 Å². The zero-order chi connectivity index (χ0) is 12.8. The van der Waals surface area contributed by atoms with E-state index in [-0.39, 0.29) is 0 Å². The van der Waals surface area contributed by atoms with E-state index < -0.39 is 0 Å². The molecule has 1 aromatic heterocycles. The lowest BCUT2D eigenvalue weighted by Gasteiger charge is -2.23. The van der Waals surface area contributed by atoms with E-state index in [1.165, 1.54) is 24.3 Å². The molecular weight excluding hydrogens is 264 g/mol. The van der Waals surface area contributed by atoms with Gasteiger partial charge in [-0.2, -0.15) is 11.8 Å². The molecule has 0 saturated carbocycles. The van der Waals surface area contributed by atoms with Gasteiger partial charge in [0.2, 0.25) is 0 Å². The highest BCUT2D eigenvalue weighted by Gasteiger charge is 2.14. The lowest BCUT2D eigenvalue weighted by atomic mass is 10.2. The molecule has 6 heteroatoms. The Hall–Kier alpha value is -0.620. The van der Waals surface area contributed by atoms with Gasteiger partial charge in [-0.25, -0.2) is 9.97 Å². The Morgan fingerprint density at radius 2 is 2.28 bits per heavy atom. The summed E-state index contributed by atoms with van der Waals surface area (Å²) in [4.78, 5) is 8.95. The molecule has 1 fully saturated rings. The summed E-state index contributed by atoms with van der Waals surface area (Å²) >= 11 is 3.60. The second-order valence-corrected chi connectivity index (χ2v) is 6.14. The highest BCUT2D eigenvalue weighted by molar-refractivity contribution is 7.99. The van der Waals surface area contributed by atoms with E-state index in [1.807, 2.05) is 24.1 Å². The number of hydrogen-bond donors (Lipinski definition) is 2. The van der Waals surface area contributed by atoms with Gasteiger partial charge in [0.1, 0.15) is 11.6 Å². The summed E-state index contributed by atoms with van der Waals surface area (Å²) in [5, 5.41) is 7.60. The minimum absolute atomic E-state index is 0.544. The first kappa shape index (κ1) is 13.8. The van der Waals surface area contributed by atoms with Gasteiger partial charge >= 0.3 is 0 Å². The molecule has 2 heterocycles. The van der Waals surface area contributed by atoms with Crippen LogP contribution < -0.4 is 10.6 Å². The monoisotopic (exact) mass is 284 g/mol. The summed E-state index contributed by atoms with van der Waals surface area (Å²) in [5.41, 5.74) is 0. The lowest BCUT2D eigenvalue weighted by Crippen LogP contribution is -2.26. The smallest absolute Gasteiger partial charge is 0.191 e. The number of hydrogen-bond acceptors (Lipinski definition) is 6. The molecule has 0 amide bonds. The summed E-state index contributed by atoms with van der Waals surface area (Å²) < 4.78 is 0.